The predicted octanol–water partition coefficient (Wildman–Crippen LogP) is 0.530. The number of thiophene rings is 1. The van der Waals surface area contributed by atoms with Crippen LogP contribution in [0.3, 0.4) is 0 Å². The second-order valence-electron chi connectivity index (χ2n) is 3.48. The average molecular weight is 339 g/mol. The molecule has 1 amide bonds. The van der Waals surface area contributed by atoms with Gasteiger partial charge in [-0.15, -0.1) is 11.3 Å². The van der Waals surface area contributed by atoms with Crippen molar-refractivity contribution in [1.29, 1.82) is 0 Å². The topological polar surface area (TPSA) is 60.8 Å². The molecule has 0 aromatic carbocycles. The summed E-state index contributed by atoms with van der Waals surface area (Å²) in [6.07, 6.45) is -1.63. The van der Waals surface area contributed by atoms with Crippen LogP contribution in [-0.4, -0.2) is 46.3 Å². The van der Waals surface area contributed by atoms with E-state index in [1.165, 1.54) is 16.2 Å². The number of amides is 1. The maximum Gasteiger partial charge on any atom is 0.254 e. The predicted molar refractivity (Wildman–Crippen MR) is 65.0 cm³/mol. The zero-order valence-corrected chi connectivity index (χ0v) is 10.7. The average Bonchev–Trinajstić information content (AvgIpc) is 2.74. The number of likely N-dealkylation sites (tertiary alicyclic amines) is 1. The smallest absolute Gasteiger partial charge is 0.254 e. The van der Waals surface area contributed by atoms with E-state index in [9.17, 15) is 15.0 Å². The molecule has 1 aromatic rings. The van der Waals surface area contributed by atoms with Crippen molar-refractivity contribution in [3.8, 4) is 0 Å². The molecule has 6 heteroatoms. The van der Waals surface area contributed by atoms with Crippen LogP contribution < -0.4 is 0 Å². The quantitative estimate of drug-likeness (QED) is 0.734. The number of hydrogen-bond acceptors (Lipinski definition) is 4. The number of carbonyl (C=O) groups excluding carboxylic acids is 1. The van der Waals surface area contributed by atoms with Crippen molar-refractivity contribution in [3.63, 3.8) is 0 Å². The van der Waals surface area contributed by atoms with Crippen molar-refractivity contribution >= 4 is 39.8 Å². The summed E-state index contributed by atoms with van der Waals surface area (Å²) in [7, 11) is 0. The Labute approximate surface area is 105 Å². The Hall–Kier alpha value is -0.180. The summed E-state index contributed by atoms with van der Waals surface area (Å²) in [6, 6.07) is 1.81. The van der Waals surface area contributed by atoms with Gasteiger partial charge in [0.2, 0.25) is 0 Å². The lowest BCUT2D eigenvalue weighted by Gasteiger charge is -2.13. The minimum atomic E-state index is -0.813. The molecule has 82 valence electrons. The Morgan fingerprint density at radius 1 is 1.47 bits per heavy atom. The van der Waals surface area contributed by atoms with E-state index < -0.39 is 12.2 Å². The molecule has 1 aromatic heterocycles. The molecular weight excluding hydrogens is 329 g/mol. The Kier molecular flexibility index (Phi) is 3.29. The largest absolute Gasteiger partial charge is 0.388 e. The number of aliphatic hydroxyl groups excluding tert-OH is 2. The van der Waals surface area contributed by atoms with Crippen molar-refractivity contribution in [2.45, 2.75) is 12.2 Å². The van der Waals surface area contributed by atoms with Gasteiger partial charge < -0.3 is 15.1 Å². The van der Waals surface area contributed by atoms with E-state index in [4.69, 9.17) is 0 Å². The summed E-state index contributed by atoms with van der Waals surface area (Å²) >= 11 is 3.66. The Morgan fingerprint density at radius 3 is 2.53 bits per heavy atom. The lowest BCUT2D eigenvalue weighted by atomic mass is 10.3. The molecule has 2 unspecified atom stereocenters. The molecule has 0 bridgehead atoms. The molecular formula is C9H10INO3S. The van der Waals surface area contributed by atoms with Crippen LogP contribution >= 0.6 is 33.9 Å². The second-order valence-corrected chi connectivity index (χ2v) is 6.29. The van der Waals surface area contributed by atoms with Crippen LogP contribution in [0.2, 0.25) is 0 Å². The Morgan fingerprint density at radius 2 is 2.07 bits per heavy atom. The SMILES string of the molecule is O=C(c1csc(I)c1)N1CC(O)C(O)C1. The molecule has 2 heterocycles. The maximum absolute atomic E-state index is 11.9. The highest BCUT2D eigenvalue weighted by Crippen LogP contribution is 2.20. The fourth-order valence-electron chi connectivity index (χ4n) is 1.54. The van der Waals surface area contributed by atoms with Crippen LogP contribution in [0.1, 0.15) is 10.4 Å². The molecule has 1 fully saturated rings. The number of halogens is 1. The van der Waals surface area contributed by atoms with Gasteiger partial charge in [-0.05, 0) is 28.7 Å². The van der Waals surface area contributed by atoms with Gasteiger partial charge in [0.15, 0.2) is 0 Å². The van der Waals surface area contributed by atoms with Crippen molar-refractivity contribution in [2.24, 2.45) is 0 Å². The summed E-state index contributed by atoms with van der Waals surface area (Å²) in [6.45, 7) is 0.429. The number of nitrogens with zero attached hydrogens (tertiary/aromatic N) is 1. The van der Waals surface area contributed by atoms with E-state index in [-0.39, 0.29) is 19.0 Å². The van der Waals surface area contributed by atoms with Crippen molar-refractivity contribution < 1.29 is 15.0 Å². The highest BCUT2D eigenvalue weighted by molar-refractivity contribution is 14.1. The molecule has 0 radical (unpaired) electrons. The molecule has 2 N–H and O–H groups in total. The monoisotopic (exact) mass is 339 g/mol. The van der Waals surface area contributed by atoms with Gasteiger partial charge in [0.1, 0.15) is 0 Å². The van der Waals surface area contributed by atoms with Crippen LogP contribution in [0.25, 0.3) is 0 Å². The van der Waals surface area contributed by atoms with Crippen molar-refractivity contribution in [2.75, 3.05) is 13.1 Å². The Balaban J connectivity index is 2.10. The zero-order chi connectivity index (χ0) is 11.0. The van der Waals surface area contributed by atoms with Gasteiger partial charge in [-0.1, -0.05) is 0 Å². The molecule has 15 heavy (non-hydrogen) atoms. The molecule has 1 saturated heterocycles. The van der Waals surface area contributed by atoms with Gasteiger partial charge in [-0.2, -0.15) is 0 Å². The van der Waals surface area contributed by atoms with Crippen molar-refractivity contribution in [3.05, 3.63) is 19.9 Å². The fourth-order valence-corrected chi connectivity index (χ4v) is 2.86. The van der Waals surface area contributed by atoms with Crippen LogP contribution in [0.4, 0.5) is 0 Å². The van der Waals surface area contributed by atoms with Crippen LogP contribution in [0.15, 0.2) is 11.4 Å². The third kappa shape index (κ3) is 2.32. The van der Waals surface area contributed by atoms with Crippen LogP contribution in [0.5, 0.6) is 0 Å². The first-order chi connectivity index (χ1) is 7.08. The van der Waals surface area contributed by atoms with Gasteiger partial charge in [-0.25, -0.2) is 0 Å². The van der Waals surface area contributed by atoms with Crippen LogP contribution in [0, 0.1) is 2.88 Å². The molecule has 1 aliphatic rings. The molecule has 2 atom stereocenters. The summed E-state index contributed by atoms with van der Waals surface area (Å²) in [5.74, 6) is -0.121. The first kappa shape index (κ1) is 11.3. The minimum Gasteiger partial charge on any atom is -0.388 e. The van der Waals surface area contributed by atoms with E-state index in [1.807, 2.05) is 6.07 Å². The normalized spacial score (nSPS) is 25.9. The summed E-state index contributed by atoms with van der Waals surface area (Å²) < 4.78 is 1.05. The second kappa shape index (κ2) is 4.36. The van der Waals surface area contributed by atoms with E-state index in [1.54, 1.807) is 5.38 Å². The third-order valence-electron chi connectivity index (χ3n) is 2.36. The highest BCUT2D eigenvalue weighted by atomic mass is 127. The lowest BCUT2D eigenvalue weighted by Crippen LogP contribution is -2.29. The van der Waals surface area contributed by atoms with Gasteiger partial charge in [-0.3, -0.25) is 4.79 Å². The highest BCUT2D eigenvalue weighted by Gasteiger charge is 2.33. The number of rotatable bonds is 1. The minimum absolute atomic E-state index is 0.121. The molecule has 1 aliphatic heterocycles. The number of carbonyl (C=O) groups is 1. The first-order valence-corrected chi connectivity index (χ1v) is 6.43. The summed E-state index contributed by atoms with van der Waals surface area (Å²) in [5.41, 5.74) is 0.630. The molecule has 0 saturated carbocycles. The van der Waals surface area contributed by atoms with Crippen molar-refractivity contribution in [1.82, 2.24) is 4.90 Å². The van der Waals surface area contributed by atoms with Gasteiger partial charge in [0.05, 0.1) is 20.7 Å². The van der Waals surface area contributed by atoms with Gasteiger partial charge in [0, 0.05) is 18.5 Å². The maximum atomic E-state index is 11.9. The van der Waals surface area contributed by atoms with E-state index >= 15 is 0 Å². The lowest BCUT2D eigenvalue weighted by molar-refractivity contribution is 0.0572. The molecule has 2 rings (SSSR count). The standard InChI is InChI=1S/C9H10INO3S/c10-8-1-5(4-15-8)9(14)11-2-6(12)7(13)3-11/h1,4,6-7,12-13H,2-3H2. The molecule has 4 nitrogen and oxygen atoms in total. The van der Waals surface area contributed by atoms with Gasteiger partial charge in [0.25, 0.3) is 5.91 Å². The van der Waals surface area contributed by atoms with Gasteiger partial charge >= 0.3 is 0 Å². The Bertz CT molecular complexity index is 371. The summed E-state index contributed by atoms with van der Waals surface area (Å²) in [5, 5.41) is 20.4. The van der Waals surface area contributed by atoms with E-state index in [0.29, 0.717) is 5.56 Å². The zero-order valence-electron chi connectivity index (χ0n) is 7.76. The summed E-state index contributed by atoms with van der Waals surface area (Å²) in [4.78, 5) is 13.3. The molecule has 0 spiro atoms. The third-order valence-corrected chi connectivity index (χ3v) is 4.15. The fraction of sp³-hybridized carbons (Fsp3) is 0.444. The van der Waals surface area contributed by atoms with E-state index in [2.05, 4.69) is 22.6 Å². The number of hydrogen-bond donors (Lipinski definition) is 2. The number of β-amino-alcohol motifs (C(OH)–C–C–N with tert-alkyl or cyclic N) is 2. The molecule has 0 aliphatic carbocycles. The number of aliphatic hydroxyl groups is 2. The van der Waals surface area contributed by atoms with Crippen LogP contribution in [-0.2, 0) is 0 Å². The van der Waals surface area contributed by atoms with E-state index in [0.717, 1.165) is 2.88 Å². The first-order valence-electron chi connectivity index (χ1n) is 4.47.